The molecule has 9 nitrogen and oxygen atoms in total. The Bertz CT molecular complexity index is 1550. The molecule has 0 unspecified atom stereocenters. The number of esters is 1. The average Bonchev–Trinajstić information content (AvgIpc) is 3.32. The Labute approximate surface area is 239 Å². The van der Waals surface area contributed by atoms with E-state index in [2.05, 4.69) is 21.8 Å². The van der Waals surface area contributed by atoms with Crippen molar-refractivity contribution in [1.82, 2.24) is 14.8 Å². The van der Waals surface area contributed by atoms with Gasteiger partial charge in [-0.25, -0.2) is 9.79 Å². The average molecular weight is 554 g/mol. The molecular formula is C32H35N5O4. The third-order valence-electron chi connectivity index (χ3n) is 7.38. The van der Waals surface area contributed by atoms with Crippen molar-refractivity contribution in [2.24, 2.45) is 4.99 Å². The molecule has 0 aliphatic carbocycles. The molecule has 2 N–H and O–H groups in total. The highest BCUT2D eigenvalue weighted by Gasteiger charge is 2.22. The maximum absolute atomic E-state index is 13.0. The summed E-state index contributed by atoms with van der Waals surface area (Å²) >= 11 is 0. The number of aromatic amines is 1. The summed E-state index contributed by atoms with van der Waals surface area (Å²) < 4.78 is 5.18. The summed E-state index contributed by atoms with van der Waals surface area (Å²) in [5.74, 6) is -0.438. The molecule has 0 spiro atoms. The van der Waals surface area contributed by atoms with Gasteiger partial charge >= 0.3 is 5.97 Å². The Kier molecular flexibility index (Phi) is 8.47. The summed E-state index contributed by atoms with van der Waals surface area (Å²) in [4.78, 5) is 39.5. The van der Waals surface area contributed by atoms with E-state index in [1.807, 2.05) is 54.6 Å². The fourth-order valence-corrected chi connectivity index (χ4v) is 4.95. The lowest BCUT2D eigenvalue weighted by Gasteiger charge is -2.32. The van der Waals surface area contributed by atoms with E-state index >= 15 is 0 Å². The van der Waals surface area contributed by atoms with Gasteiger partial charge in [0, 0.05) is 55.4 Å². The van der Waals surface area contributed by atoms with Gasteiger partial charge in [0.15, 0.2) is 5.88 Å². The van der Waals surface area contributed by atoms with Gasteiger partial charge in [0.2, 0.25) is 5.91 Å². The van der Waals surface area contributed by atoms with Crippen LogP contribution in [0, 0.1) is 0 Å². The van der Waals surface area contributed by atoms with Crippen LogP contribution in [0.5, 0.6) is 5.88 Å². The van der Waals surface area contributed by atoms with Gasteiger partial charge in [-0.2, -0.15) is 0 Å². The first kappa shape index (κ1) is 28.1. The van der Waals surface area contributed by atoms with E-state index in [1.165, 1.54) is 0 Å². The number of ether oxygens (including phenoxy) is 1. The van der Waals surface area contributed by atoms with Gasteiger partial charge in [-0.1, -0.05) is 30.3 Å². The number of aliphatic imine (C=N–C) groups is 1. The number of H-pyrrole nitrogens is 1. The van der Waals surface area contributed by atoms with Gasteiger partial charge in [-0.05, 0) is 56.4 Å². The second kappa shape index (κ2) is 12.4. The quantitative estimate of drug-likeness (QED) is 0.247. The summed E-state index contributed by atoms with van der Waals surface area (Å²) in [5.41, 5.74) is 4.32. The van der Waals surface area contributed by atoms with Crippen LogP contribution in [0.3, 0.4) is 0 Å². The van der Waals surface area contributed by atoms with Gasteiger partial charge in [-0.15, -0.1) is 0 Å². The molecule has 0 radical (unpaired) electrons. The van der Waals surface area contributed by atoms with Crippen LogP contribution in [0.1, 0.15) is 28.4 Å². The maximum atomic E-state index is 13.0. The molecule has 1 aromatic heterocycles. The van der Waals surface area contributed by atoms with Gasteiger partial charge in [0.25, 0.3) is 0 Å². The zero-order valence-corrected chi connectivity index (χ0v) is 23.6. The normalized spacial score (nSPS) is 14.8. The summed E-state index contributed by atoms with van der Waals surface area (Å²) in [5, 5.41) is 11.7. The Hall–Kier alpha value is -4.47. The van der Waals surface area contributed by atoms with Crippen LogP contribution in [-0.4, -0.2) is 90.9 Å². The van der Waals surface area contributed by atoms with Gasteiger partial charge < -0.3 is 24.6 Å². The van der Waals surface area contributed by atoms with Crippen molar-refractivity contribution in [3.8, 4) is 5.88 Å². The largest absolute Gasteiger partial charge is 0.494 e. The molecule has 1 fully saturated rings. The second-order valence-corrected chi connectivity index (χ2v) is 10.2. The standard InChI is InChI=1S/C32H35N5O4/c1-4-41-32(40)23-10-15-27-26(20-23)29(31(39)34-27)30(22-8-6-5-7-9-22)33-24-11-13-25(14-12-24)36(3)28(38)21-37-18-16-35(2)17-19-37/h5-15,20,34,39H,4,16-19,21H2,1-3H3. The van der Waals surface area contributed by atoms with Gasteiger partial charge in [0.1, 0.15) is 0 Å². The van der Waals surface area contributed by atoms with E-state index < -0.39 is 5.97 Å². The summed E-state index contributed by atoms with van der Waals surface area (Å²) in [6, 6.07) is 22.2. The predicted molar refractivity (Wildman–Crippen MR) is 161 cm³/mol. The molecular weight excluding hydrogens is 518 g/mol. The van der Waals surface area contributed by atoms with E-state index in [-0.39, 0.29) is 18.4 Å². The first-order valence-electron chi connectivity index (χ1n) is 13.8. The minimum absolute atomic E-state index is 0.0388. The number of carbonyl (C=O) groups excluding carboxylic acids is 2. The Morgan fingerprint density at radius 1 is 0.976 bits per heavy atom. The number of benzene rings is 3. The minimum Gasteiger partial charge on any atom is -0.494 e. The fraction of sp³-hybridized carbons (Fsp3) is 0.281. The molecule has 1 aliphatic heterocycles. The molecule has 0 saturated carbocycles. The Morgan fingerprint density at radius 2 is 1.68 bits per heavy atom. The van der Waals surface area contributed by atoms with Gasteiger partial charge in [0.05, 0.1) is 35.7 Å². The molecule has 0 bridgehead atoms. The number of nitrogens with one attached hydrogen (secondary N) is 1. The van der Waals surface area contributed by atoms with Crippen LogP contribution >= 0.6 is 0 Å². The van der Waals surface area contributed by atoms with Crippen LogP contribution in [0.25, 0.3) is 10.9 Å². The van der Waals surface area contributed by atoms with Crippen molar-refractivity contribution >= 4 is 39.9 Å². The molecule has 2 heterocycles. The topological polar surface area (TPSA) is 101 Å². The molecule has 212 valence electrons. The minimum atomic E-state index is -0.430. The van der Waals surface area contributed by atoms with E-state index in [0.717, 1.165) is 37.4 Å². The lowest BCUT2D eigenvalue weighted by Crippen LogP contribution is -2.48. The zero-order chi connectivity index (χ0) is 28.9. The second-order valence-electron chi connectivity index (χ2n) is 10.2. The zero-order valence-electron chi connectivity index (χ0n) is 23.6. The highest BCUT2D eigenvalue weighted by atomic mass is 16.5. The Morgan fingerprint density at radius 3 is 2.37 bits per heavy atom. The number of anilines is 1. The van der Waals surface area contributed by atoms with E-state index in [1.54, 1.807) is 37.1 Å². The number of aromatic nitrogens is 1. The van der Waals surface area contributed by atoms with Crippen molar-refractivity contribution in [1.29, 1.82) is 0 Å². The van der Waals surface area contributed by atoms with Crippen LogP contribution in [0.4, 0.5) is 11.4 Å². The first-order chi connectivity index (χ1) is 19.8. The van der Waals surface area contributed by atoms with E-state index in [9.17, 15) is 14.7 Å². The molecule has 1 amide bonds. The number of rotatable bonds is 8. The number of fused-ring (bicyclic) bond motifs is 1. The monoisotopic (exact) mass is 553 g/mol. The smallest absolute Gasteiger partial charge is 0.338 e. The Balaban J connectivity index is 1.46. The number of amides is 1. The van der Waals surface area contributed by atoms with Crippen molar-refractivity contribution in [3.05, 3.63) is 89.5 Å². The van der Waals surface area contributed by atoms with Crippen LogP contribution in [-0.2, 0) is 9.53 Å². The summed E-state index contributed by atoms with van der Waals surface area (Å²) in [6.45, 7) is 6.10. The third kappa shape index (κ3) is 6.32. The number of carbonyl (C=O) groups is 2. The molecule has 1 saturated heterocycles. The molecule has 41 heavy (non-hydrogen) atoms. The fourth-order valence-electron chi connectivity index (χ4n) is 4.95. The first-order valence-corrected chi connectivity index (χ1v) is 13.8. The molecule has 1 aliphatic rings. The number of nitrogens with zero attached hydrogens (tertiary/aromatic N) is 4. The molecule has 4 aromatic rings. The van der Waals surface area contributed by atoms with Crippen molar-refractivity contribution in [2.45, 2.75) is 6.92 Å². The number of likely N-dealkylation sites (N-methyl/N-ethyl adjacent to an activating group) is 2. The number of piperazine rings is 1. The van der Waals surface area contributed by atoms with Crippen LogP contribution < -0.4 is 4.90 Å². The van der Waals surface area contributed by atoms with Crippen molar-refractivity contribution in [2.75, 3.05) is 58.3 Å². The lowest BCUT2D eigenvalue weighted by atomic mass is 9.99. The van der Waals surface area contributed by atoms with Crippen LogP contribution in [0.15, 0.2) is 77.8 Å². The highest BCUT2D eigenvalue weighted by molar-refractivity contribution is 6.22. The number of hydrogen-bond donors (Lipinski definition) is 2. The molecule has 9 heteroatoms. The maximum Gasteiger partial charge on any atom is 0.338 e. The number of aromatic hydroxyl groups is 1. The summed E-state index contributed by atoms with van der Waals surface area (Å²) in [7, 11) is 3.89. The lowest BCUT2D eigenvalue weighted by molar-refractivity contribution is -0.119. The van der Waals surface area contributed by atoms with E-state index in [4.69, 9.17) is 9.73 Å². The SMILES string of the molecule is CCOC(=O)c1ccc2[nH]c(O)c(C(=Nc3ccc(N(C)C(=O)CN4CCN(C)CC4)cc3)c3ccccc3)c2c1. The predicted octanol–water partition coefficient (Wildman–Crippen LogP) is 4.43. The molecule has 5 rings (SSSR count). The van der Waals surface area contributed by atoms with Gasteiger partial charge in [-0.3, -0.25) is 9.69 Å². The third-order valence-corrected chi connectivity index (χ3v) is 7.38. The molecule has 0 atom stereocenters. The van der Waals surface area contributed by atoms with Crippen LogP contribution in [0.2, 0.25) is 0 Å². The molecule has 3 aromatic carbocycles. The van der Waals surface area contributed by atoms with E-state index in [0.29, 0.717) is 40.0 Å². The van der Waals surface area contributed by atoms with Crippen molar-refractivity contribution < 1.29 is 19.4 Å². The summed E-state index contributed by atoms with van der Waals surface area (Å²) in [6.07, 6.45) is 0. The highest BCUT2D eigenvalue weighted by Crippen LogP contribution is 2.32. The number of hydrogen-bond acceptors (Lipinski definition) is 7. The van der Waals surface area contributed by atoms with Crippen molar-refractivity contribution in [3.63, 3.8) is 0 Å².